The Morgan fingerprint density at radius 3 is 2.32 bits per heavy atom. The molecule has 0 saturated heterocycles. The largest absolute Gasteiger partial charge is 0.423 e. The highest BCUT2D eigenvalue weighted by molar-refractivity contribution is 5.95. The first-order chi connectivity index (χ1) is 10.4. The van der Waals surface area contributed by atoms with Gasteiger partial charge in [-0.3, -0.25) is 4.79 Å². The maximum absolute atomic E-state index is 12.3. The first-order valence-corrected chi connectivity index (χ1v) is 7.04. The fourth-order valence-corrected chi connectivity index (χ4v) is 2.05. The summed E-state index contributed by atoms with van der Waals surface area (Å²) in [6.45, 7) is 7.13. The Balaban J connectivity index is 2.26. The van der Waals surface area contributed by atoms with Crippen LogP contribution in [0.2, 0.25) is 0 Å². The van der Waals surface area contributed by atoms with E-state index in [0.717, 1.165) is 16.7 Å². The maximum Gasteiger partial charge on any atom is 0.343 e. The molecule has 4 nitrogen and oxygen atoms in total. The Hall–Kier alpha value is -2.62. The average molecular weight is 297 g/mol. The summed E-state index contributed by atoms with van der Waals surface area (Å²) in [5, 5.41) is 2.71. The van der Waals surface area contributed by atoms with Crippen LogP contribution in [-0.4, -0.2) is 11.9 Å². The van der Waals surface area contributed by atoms with Crippen LogP contribution in [0.15, 0.2) is 36.4 Å². The minimum atomic E-state index is -0.444. The molecule has 2 rings (SSSR count). The van der Waals surface area contributed by atoms with E-state index in [1.165, 1.54) is 6.92 Å². The third-order valence-electron chi connectivity index (χ3n) is 3.33. The van der Waals surface area contributed by atoms with Crippen molar-refractivity contribution in [2.75, 3.05) is 5.32 Å². The van der Waals surface area contributed by atoms with Crippen molar-refractivity contribution in [3.05, 3.63) is 58.7 Å². The van der Waals surface area contributed by atoms with E-state index in [1.54, 1.807) is 18.2 Å². The lowest BCUT2D eigenvalue weighted by atomic mass is 10.1. The van der Waals surface area contributed by atoms with E-state index in [2.05, 4.69) is 5.32 Å². The molecule has 0 spiro atoms. The van der Waals surface area contributed by atoms with Gasteiger partial charge in [0.15, 0.2) is 0 Å². The van der Waals surface area contributed by atoms with Gasteiger partial charge in [0.1, 0.15) is 5.75 Å². The van der Waals surface area contributed by atoms with Gasteiger partial charge < -0.3 is 10.1 Å². The van der Waals surface area contributed by atoms with Gasteiger partial charge in [-0.1, -0.05) is 18.2 Å². The summed E-state index contributed by atoms with van der Waals surface area (Å²) in [7, 11) is 0. The average Bonchev–Trinajstić information content (AvgIpc) is 2.44. The van der Waals surface area contributed by atoms with Crippen LogP contribution >= 0.6 is 0 Å². The molecule has 1 N–H and O–H groups in total. The third-order valence-corrected chi connectivity index (χ3v) is 3.33. The number of benzene rings is 2. The molecule has 1 amide bonds. The minimum absolute atomic E-state index is 0.178. The van der Waals surface area contributed by atoms with Crippen LogP contribution in [0.3, 0.4) is 0 Å². The number of carbonyl (C=O) groups is 2. The number of rotatable bonds is 3. The Kier molecular flexibility index (Phi) is 4.61. The van der Waals surface area contributed by atoms with Crippen molar-refractivity contribution in [1.82, 2.24) is 0 Å². The molecule has 0 unspecified atom stereocenters. The Morgan fingerprint density at radius 1 is 0.955 bits per heavy atom. The van der Waals surface area contributed by atoms with Crippen molar-refractivity contribution in [2.45, 2.75) is 27.7 Å². The summed E-state index contributed by atoms with van der Waals surface area (Å²) in [4.78, 5) is 23.5. The first kappa shape index (κ1) is 15.8. The molecule has 22 heavy (non-hydrogen) atoms. The summed E-state index contributed by atoms with van der Waals surface area (Å²) >= 11 is 0. The lowest BCUT2D eigenvalue weighted by molar-refractivity contribution is -0.114. The Bertz CT molecular complexity index is 735. The number of hydrogen-bond acceptors (Lipinski definition) is 3. The van der Waals surface area contributed by atoms with Gasteiger partial charge in [-0.15, -0.1) is 0 Å². The molecule has 4 heteroatoms. The molecular weight excluding hydrogens is 278 g/mol. The summed E-state index contributed by atoms with van der Waals surface area (Å²) in [5.74, 6) is -0.0740. The molecule has 0 heterocycles. The van der Waals surface area contributed by atoms with Gasteiger partial charge in [0.05, 0.1) is 5.56 Å². The van der Waals surface area contributed by atoms with Crippen molar-refractivity contribution >= 4 is 17.6 Å². The summed E-state index contributed by atoms with van der Waals surface area (Å²) in [6, 6.07) is 10.8. The molecule has 0 aromatic heterocycles. The van der Waals surface area contributed by atoms with Crippen molar-refractivity contribution < 1.29 is 14.3 Å². The molecule has 114 valence electrons. The van der Waals surface area contributed by atoms with E-state index >= 15 is 0 Å². The highest BCUT2D eigenvalue weighted by Gasteiger charge is 2.12. The fraction of sp³-hybridized carbons (Fsp3) is 0.222. The second-order valence-electron chi connectivity index (χ2n) is 5.37. The second kappa shape index (κ2) is 6.43. The van der Waals surface area contributed by atoms with Crippen molar-refractivity contribution in [3.8, 4) is 5.75 Å². The van der Waals surface area contributed by atoms with Gasteiger partial charge in [-0.05, 0) is 55.7 Å². The monoisotopic (exact) mass is 297 g/mol. The second-order valence-corrected chi connectivity index (χ2v) is 5.37. The van der Waals surface area contributed by atoms with E-state index < -0.39 is 5.97 Å². The topological polar surface area (TPSA) is 55.4 Å². The summed E-state index contributed by atoms with van der Waals surface area (Å²) in [6.07, 6.45) is 0. The maximum atomic E-state index is 12.3. The van der Waals surface area contributed by atoms with Crippen molar-refractivity contribution in [3.63, 3.8) is 0 Å². The Labute approximate surface area is 130 Å². The molecule has 0 bridgehead atoms. The molecular formula is C18H19NO3. The Morgan fingerprint density at radius 2 is 1.64 bits per heavy atom. The van der Waals surface area contributed by atoms with Gasteiger partial charge in [-0.2, -0.15) is 0 Å². The zero-order valence-electron chi connectivity index (χ0n) is 13.2. The van der Waals surface area contributed by atoms with E-state index in [0.29, 0.717) is 17.0 Å². The summed E-state index contributed by atoms with van der Waals surface area (Å²) < 4.78 is 5.46. The zero-order chi connectivity index (χ0) is 16.3. The SMILES string of the molecule is CC(=O)Nc1cc(C(=O)Oc2cc(C)ccc2C)ccc1C. The molecule has 2 aromatic rings. The standard InChI is InChI=1S/C18H19NO3/c1-11-5-6-13(3)17(9-11)22-18(21)15-8-7-12(2)16(10-15)19-14(4)20/h5-10H,1-4H3,(H,19,20). The van der Waals surface area contributed by atoms with Gasteiger partial charge >= 0.3 is 5.97 Å². The number of anilines is 1. The number of esters is 1. The van der Waals surface area contributed by atoms with E-state index in [1.807, 2.05) is 39.0 Å². The van der Waals surface area contributed by atoms with Crippen LogP contribution in [0.1, 0.15) is 34.0 Å². The van der Waals surface area contributed by atoms with Crippen LogP contribution < -0.4 is 10.1 Å². The smallest absolute Gasteiger partial charge is 0.343 e. The third kappa shape index (κ3) is 3.73. The van der Waals surface area contributed by atoms with Crippen molar-refractivity contribution in [2.24, 2.45) is 0 Å². The van der Waals surface area contributed by atoms with Gasteiger partial charge in [0.25, 0.3) is 0 Å². The molecule has 0 saturated carbocycles. The predicted molar refractivity (Wildman–Crippen MR) is 86.4 cm³/mol. The first-order valence-electron chi connectivity index (χ1n) is 7.04. The predicted octanol–water partition coefficient (Wildman–Crippen LogP) is 3.79. The number of carbonyl (C=O) groups excluding carboxylic acids is 2. The zero-order valence-corrected chi connectivity index (χ0v) is 13.2. The molecule has 0 aliphatic rings. The molecule has 2 aromatic carbocycles. The number of ether oxygens (including phenoxy) is 1. The molecule has 0 fully saturated rings. The molecule has 0 aliphatic heterocycles. The van der Waals surface area contributed by atoms with Gasteiger partial charge in [0.2, 0.25) is 5.91 Å². The number of nitrogens with one attached hydrogen (secondary N) is 1. The van der Waals surface area contributed by atoms with E-state index in [4.69, 9.17) is 4.74 Å². The molecule has 0 aliphatic carbocycles. The van der Waals surface area contributed by atoms with E-state index in [9.17, 15) is 9.59 Å². The lowest BCUT2D eigenvalue weighted by Crippen LogP contribution is -2.12. The molecule has 0 radical (unpaired) electrons. The van der Waals surface area contributed by atoms with E-state index in [-0.39, 0.29) is 5.91 Å². The molecule has 0 atom stereocenters. The minimum Gasteiger partial charge on any atom is -0.423 e. The van der Waals surface area contributed by atoms with Crippen LogP contribution in [0.25, 0.3) is 0 Å². The number of aryl methyl sites for hydroxylation is 3. The summed E-state index contributed by atoms with van der Waals surface area (Å²) in [5.41, 5.74) is 3.82. The van der Waals surface area contributed by atoms with Crippen LogP contribution in [0.4, 0.5) is 5.69 Å². The lowest BCUT2D eigenvalue weighted by Gasteiger charge is -2.11. The van der Waals surface area contributed by atoms with Crippen LogP contribution in [0, 0.1) is 20.8 Å². The number of hydrogen-bond donors (Lipinski definition) is 1. The van der Waals surface area contributed by atoms with Crippen LogP contribution in [0.5, 0.6) is 5.75 Å². The fourth-order valence-electron chi connectivity index (χ4n) is 2.05. The van der Waals surface area contributed by atoms with Gasteiger partial charge in [-0.25, -0.2) is 4.79 Å². The highest BCUT2D eigenvalue weighted by atomic mass is 16.5. The van der Waals surface area contributed by atoms with Crippen molar-refractivity contribution in [1.29, 1.82) is 0 Å². The quantitative estimate of drug-likeness (QED) is 0.692. The van der Waals surface area contributed by atoms with Gasteiger partial charge in [0, 0.05) is 12.6 Å². The van der Waals surface area contributed by atoms with Crippen LogP contribution in [-0.2, 0) is 4.79 Å². The normalized spacial score (nSPS) is 10.2. The highest BCUT2D eigenvalue weighted by Crippen LogP contribution is 2.22. The number of amides is 1.